The number of carbonyl (C=O) groups is 3. The minimum absolute atomic E-state index is 0.0598. The topological polar surface area (TPSA) is 112 Å². The number of aliphatic hydroxyl groups excluding tert-OH is 1. The number of likely N-dealkylation sites (N-methyl/N-ethyl adjacent to an activating group) is 1. The fourth-order valence-electron chi connectivity index (χ4n) is 3.95. The molecule has 0 saturated carbocycles. The zero-order valence-corrected chi connectivity index (χ0v) is 20.8. The van der Waals surface area contributed by atoms with Gasteiger partial charge in [-0.15, -0.1) is 11.3 Å². The molecule has 9 nitrogen and oxygen atoms in total. The van der Waals surface area contributed by atoms with Gasteiger partial charge in [0, 0.05) is 33.7 Å². The zero-order chi connectivity index (χ0) is 24.8. The van der Waals surface area contributed by atoms with Crippen molar-refractivity contribution in [2.45, 2.75) is 51.4 Å². The number of hydrogen-bond acceptors (Lipinski definition) is 7. The molecule has 0 spiro atoms. The summed E-state index contributed by atoms with van der Waals surface area (Å²) < 4.78 is 4.93. The van der Waals surface area contributed by atoms with Gasteiger partial charge in [-0.3, -0.25) is 14.4 Å². The number of aliphatic hydroxyl groups is 1. The number of methoxy groups -OCH3 is 1. The predicted octanol–water partition coefficient (Wildman–Crippen LogP) is 1.58. The van der Waals surface area contributed by atoms with Crippen molar-refractivity contribution in [1.29, 1.82) is 0 Å². The summed E-state index contributed by atoms with van der Waals surface area (Å²) in [5.41, 5.74) is 4.79. The van der Waals surface area contributed by atoms with Crippen molar-refractivity contribution >= 4 is 29.1 Å². The Balaban J connectivity index is 1.60. The first-order valence-electron chi connectivity index (χ1n) is 11.2. The number of amides is 3. The SMILES string of the molecule is COCCC(=O)N(C)[C@@H](C)C(=O)N1C[C@H](O)C[C@H]1C(=O)NCc1ccc(-c2scnc2C)cc1. The molecule has 34 heavy (non-hydrogen) atoms. The molecule has 3 atom stereocenters. The lowest BCUT2D eigenvalue weighted by molar-refractivity contribution is -0.147. The summed E-state index contributed by atoms with van der Waals surface area (Å²) in [6.07, 6.45) is -0.461. The molecule has 1 aromatic heterocycles. The maximum absolute atomic E-state index is 13.1. The normalized spacial score (nSPS) is 18.6. The molecule has 2 aromatic rings. The molecule has 2 N–H and O–H groups in total. The van der Waals surface area contributed by atoms with E-state index in [1.54, 1.807) is 25.3 Å². The first-order valence-corrected chi connectivity index (χ1v) is 12.1. The van der Waals surface area contributed by atoms with E-state index in [1.165, 1.54) is 16.9 Å². The largest absolute Gasteiger partial charge is 0.391 e. The van der Waals surface area contributed by atoms with E-state index in [1.807, 2.05) is 36.7 Å². The molecular formula is C24H32N4O5S. The first kappa shape index (κ1) is 25.8. The average Bonchev–Trinajstić information content (AvgIpc) is 3.45. The van der Waals surface area contributed by atoms with Crippen LogP contribution in [-0.4, -0.2) is 83.1 Å². The van der Waals surface area contributed by atoms with Crippen LogP contribution in [-0.2, 0) is 25.7 Å². The Hall–Kier alpha value is -2.82. The van der Waals surface area contributed by atoms with E-state index in [4.69, 9.17) is 4.74 Å². The summed E-state index contributed by atoms with van der Waals surface area (Å²) in [4.78, 5) is 46.4. The quantitative estimate of drug-likeness (QED) is 0.554. The number of likely N-dealkylation sites (tertiary alicyclic amines) is 1. The Morgan fingerprint density at radius 2 is 2.03 bits per heavy atom. The zero-order valence-electron chi connectivity index (χ0n) is 20.0. The minimum atomic E-state index is -0.789. The van der Waals surface area contributed by atoms with E-state index < -0.39 is 18.2 Å². The summed E-state index contributed by atoms with van der Waals surface area (Å²) in [6, 6.07) is 6.34. The van der Waals surface area contributed by atoms with Crippen molar-refractivity contribution in [3.63, 3.8) is 0 Å². The van der Waals surface area contributed by atoms with Gasteiger partial charge in [0.15, 0.2) is 0 Å². The Morgan fingerprint density at radius 1 is 1.32 bits per heavy atom. The second kappa shape index (κ2) is 11.5. The second-order valence-electron chi connectivity index (χ2n) is 8.50. The van der Waals surface area contributed by atoms with Crippen LogP contribution in [0, 0.1) is 6.92 Å². The van der Waals surface area contributed by atoms with Gasteiger partial charge in [0.25, 0.3) is 0 Å². The van der Waals surface area contributed by atoms with Crippen LogP contribution >= 0.6 is 11.3 Å². The van der Waals surface area contributed by atoms with Crippen molar-refractivity contribution in [3.8, 4) is 10.4 Å². The number of aryl methyl sites for hydroxylation is 1. The van der Waals surface area contributed by atoms with Gasteiger partial charge in [0.1, 0.15) is 12.1 Å². The number of benzene rings is 1. The van der Waals surface area contributed by atoms with Gasteiger partial charge in [0.2, 0.25) is 17.7 Å². The van der Waals surface area contributed by atoms with Gasteiger partial charge in [-0.05, 0) is 25.0 Å². The fraction of sp³-hybridized carbons (Fsp3) is 0.500. The third-order valence-corrected chi connectivity index (χ3v) is 7.12. The number of hydrogen-bond donors (Lipinski definition) is 2. The lowest BCUT2D eigenvalue weighted by atomic mass is 10.1. The van der Waals surface area contributed by atoms with Crippen LogP contribution in [0.3, 0.4) is 0 Å². The van der Waals surface area contributed by atoms with Gasteiger partial charge >= 0.3 is 0 Å². The molecule has 1 aliphatic rings. The molecule has 3 rings (SSSR count). The fourth-order valence-corrected chi connectivity index (χ4v) is 4.76. The third kappa shape index (κ3) is 5.99. The third-order valence-electron chi connectivity index (χ3n) is 6.14. The number of carbonyl (C=O) groups excluding carboxylic acids is 3. The van der Waals surface area contributed by atoms with Crippen LogP contribution in [0.2, 0.25) is 0 Å². The molecule has 2 heterocycles. The Labute approximate surface area is 203 Å². The Morgan fingerprint density at radius 3 is 2.65 bits per heavy atom. The molecule has 1 aliphatic heterocycles. The van der Waals surface area contributed by atoms with Gasteiger partial charge in [-0.25, -0.2) is 4.98 Å². The van der Waals surface area contributed by atoms with Crippen molar-refractivity contribution in [1.82, 2.24) is 20.1 Å². The number of aromatic nitrogens is 1. The second-order valence-corrected chi connectivity index (χ2v) is 9.36. The standard InChI is InChI=1S/C24H32N4O5S/c1-15-22(34-14-26-15)18-7-5-17(6-8-18)12-25-23(31)20-11-19(29)13-28(20)24(32)16(2)27(3)21(30)9-10-33-4/h5-8,14,16,19-20,29H,9-13H2,1-4H3,(H,25,31)/t16-,19+,20-/m0/s1. The molecule has 3 amide bonds. The summed E-state index contributed by atoms with van der Waals surface area (Å²) in [6.45, 7) is 4.23. The molecule has 0 aliphatic carbocycles. The number of ether oxygens (including phenoxy) is 1. The van der Waals surface area contributed by atoms with E-state index in [9.17, 15) is 19.5 Å². The summed E-state index contributed by atoms with van der Waals surface area (Å²) in [7, 11) is 3.06. The van der Waals surface area contributed by atoms with E-state index >= 15 is 0 Å². The Kier molecular flexibility index (Phi) is 8.76. The van der Waals surface area contributed by atoms with Crippen LogP contribution in [0.25, 0.3) is 10.4 Å². The van der Waals surface area contributed by atoms with Crippen LogP contribution in [0.15, 0.2) is 29.8 Å². The minimum Gasteiger partial charge on any atom is -0.391 e. The van der Waals surface area contributed by atoms with Crippen molar-refractivity contribution in [2.75, 3.05) is 27.3 Å². The van der Waals surface area contributed by atoms with E-state index in [-0.39, 0.29) is 43.7 Å². The summed E-state index contributed by atoms with van der Waals surface area (Å²) in [5.74, 6) is -0.914. The number of nitrogens with one attached hydrogen (secondary N) is 1. The maximum Gasteiger partial charge on any atom is 0.245 e. The van der Waals surface area contributed by atoms with Gasteiger partial charge in [-0.1, -0.05) is 24.3 Å². The molecule has 0 unspecified atom stereocenters. The molecule has 0 bridgehead atoms. The highest BCUT2D eigenvalue weighted by atomic mass is 32.1. The molecule has 1 saturated heterocycles. The molecule has 0 radical (unpaired) electrons. The Bertz CT molecular complexity index is 1010. The molecule has 184 valence electrons. The lowest BCUT2D eigenvalue weighted by Crippen LogP contribution is -2.53. The van der Waals surface area contributed by atoms with Crippen LogP contribution < -0.4 is 5.32 Å². The molecule has 10 heteroatoms. The highest BCUT2D eigenvalue weighted by Crippen LogP contribution is 2.27. The molecule has 1 fully saturated rings. The lowest BCUT2D eigenvalue weighted by Gasteiger charge is -2.31. The number of thiazole rings is 1. The van der Waals surface area contributed by atoms with Gasteiger partial charge in [-0.2, -0.15) is 0 Å². The highest BCUT2D eigenvalue weighted by molar-refractivity contribution is 7.13. The van der Waals surface area contributed by atoms with Crippen LogP contribution in [0.5, 0.6) is 0 Å². The molecular weight excluding hydrogens is 456 g/mol. The monoisotopic (exact) mass is 488 g/mol. The highest BCUT2D eigenvalue weighted by Gasteiger charge is 2.41. The number of rotatable bonds is 9. The smallest absolute Gasteiger partial charge is 0.245 e. The predicted molar refractivity (Wildman–Crippen MR) is 129 cm³/mol. The van der Waals surface area contributed by atoms with E-state index in [0.717, 1.165) is 21.7 Å². The first-order chi connectivity index (χ1) is 16.2. The van der Waals surface area contributed by atoms with Gasteiger partial charge in [0.05, 0.1) is 35.2 Å². The molecule has 1 aromatic carbocycles. The van der Waals surface area contributed by atoms with Crippen LogP contribution in [0.4, 0.5) is 0 Å². The van der Waals surface area contributed by atoms with E-state index in [0.29, 0.717) is 6.54 Å². The van der Waals surface area contributed by atoms with Crippen LogP contribution in [0.1, 0.15) is 31.0 Å². The maximum atomic E-state index is 13.1. The van der Waals surface area contributed by atoms with Gasteiger partial charge < -0.3 is 25.0 Å². The van der Waals surface area contributed by atoms with Crippen molar-refractivity contribution in [3.05, 3.63) is 41.0 Å². The summed E-state index contributed by atoms with van der Waals surface area (Å²) in [5, 5.41) is 13.0. The average molecular weight is 489 g/mol. The van der Waals surface area contributed by atoms with E-state index in [2.05, 4.69) is 10.3 Å². The van der Waals surface area contributed by atoms with Crippen molar-refractivity contribution < 1.29 is 24.2 Å². The number of nitrogens with zero attached hydrogens (tertiary/aromatic N) is 3. The number of β-amino-alcohol motifs (C(OH)–C–C–N with tert-alkyl or cyclic N) is 1. The summed E-state index contributed by atoms with van der Waals surface area (Å²) >= 11 is 1.58. The van der Waals surface area contributed by atoms with Crippen molar-refractivity contribution in [2.24, 2.45) is 0 Å².